The van der Waals surface area contributed by atoms with Gasteiger partial charge in [0.2, 0.25) is 5.91 Å². The Kier molecular flexibility index (Phi) is 3.38. The zero-order valence-electron chi connectivity index (χ0n) is 8.67. The quantitative estimate of drug-likeness (QED) is 0.848. The van der Waals surface area contributed by atoms with Gasteiger partial charge in [0, 0.05) is 16.0 Å². The first-order valence-corrected chi connectivity index (χ1v) is 5.67. The molecule has 2 rings (SSSR count). The Hall–Kier alpha value is -0.770. The highest BCUT2D eigenvalue weighted by Crippen LogP contribution is 2.49. The van der Waals surface area contributed by atoms with Crippen molar-refractivity contribution in [3.05, 3.63) is 33.8 Å². The van der Waals surface area contributed by atoms with E-state index >= 15 is 0 Å². The lowest BCUT2D eigenvalue weighted by molar-refractivity contribution is -0.132. The lowest BCUT2D eigenvalue weighted by atomic mass is 10.1. The van der Waals surface area contributed by atoms with E-state index in [-0.39, 0.29) is 17.7 Å². The Morgan fingerprint density at radius 1 is 1.50 bits per heavy atom. The molecule has 1 aromatic rings. The standard InChI is InChI=1S/C11H11Cl2NO2/c1-16-14-11(15)9-5-8(9)7-3-2-6(12)4-10(7)13/h2-4,8-9H,5H2,1H3,(H,14,15)/t8-,9-/m0/s1. The van der Waals surface area contributed by atoms with Gasteiger partial charge in [0.1, 0.15) is 0 Å². The normalized spacial score (nSPS) is 22.9. The molecule has 3 nitrogen and oxygen atoms in total. The molecule has 5 heteroatoms. The first kappa shape index (κ1) is 11.7. The smallest absolute Gasteiger partial charge is 0.247 e. The average molecular weight is 260 g/mol. The summed E-state index contributed by atoms with van der Waals surface area (Å²) >= 11 is 11.9. The fraction of sp³-hybridized carbons (Fsp3) is 0.364. The molecule has 1 aliphatic carbocycles. The second kappa shape index (κ2) is 4.62. The van der Waals surface area contributed by atoms with E-state index in [1.807, 2.05) is 6.07 Å². The van der Waals surface area contributed by atoms with E-state index in [0.29, 0.717) is 10.0 Å². The average Bonchev–Trinajstić information content (AvgIpc) is 2.98. The Labute approximate surface area is 104 Å². The van der Waals surface area contributed by atoms with E-state index in [0.717, 1.165) is 12.0 Å². The zero-order chi connectivity index (χ0) is 11.7. The predicted molar refractivity (Wildman–Crippen MR) is 62.5 cm³/mol. The number of carbonyl (C=O) groups excluding carboxylic acids is 1. The van der Waals surface area contributed by atoms with Gasteiger partial charge in [-0.1, -0.05) is 29.3 Å². The molecule has 0 bridgehead atoms. The van der Waals surface area contributed by atoms with Crippen LogP contribution in [0.1, 0.15) is 17.9 Å². The minimum atomic E-state index is -0.0986. The van der Waals surface area contributed by atoms with Crippen molar-refractivity contribution < 1.29 is 9.63 Å². The summed E-state index contributed by atoms with van der Waals surface area (Å²) in [7, 11) is 1.42. The van der Waals surface area contributed by atoms with Gasteiger partial charge >= 0.3 is 0 Å². The van der Waals surface area contributed by atoms with Gasteiger partial charge in [-0.15, -0.1) is 0 Å². The van der Waals surface area contributed by atoms with Crippen LogP contribution in [0.25, 0.3) is 0 Å². The molecule has 86 valence electrons. The van der Waals surface area contributed by atoms with Crippen LogP contribution in [0.5, 0.6) is 0 Å². The molecule has 0 spiro atoms. The number of hydrogen-bond donors (Lipinski definition) is 1. The lowest BCUT2D eigenvalue weighted by Gasteiger charge is -2.04. The SMILES string of the molecule is CONC(=O)[C@H]1C[C@H]1c1ccc(Cl)cc1Cl. The molecule has 2 atom stereocenters. The molecule has 16 heavy (non-hydrogen) atoms. The fourth-order valence-electron chi connectivity index (χ4n) is 1.81. The van der Waals surface area contributed by atoms with Gasteiger partial charge in [-0.2, -0.15) is 0 Å². The van der Waals surface area contributed by atoms with Crippen LogP contribution in [-0.4, -0.2) is 13.0 Å². The van der Waals surface area contributed by atoms with E-state index in [2.05, 4.69) is 10.3 Å². The molecule has 1 N–H and O–H groups in total. The topological polar surface area (TPSA) is 38.3 Å². The minimum absolute atomic E-state index is 0.0429. The van der Waals surface area contributed by atoms with Crippen LogP contribution in [0.4, 0.5) is 0 Å². The predicted octanol–water partition coefficient (Wildman–Crippen LogP) is 2.77. The van der Waals surface area contributed by atoms with Crippen molar-refractivity contribution in [2.24, 2.45) is 5.92 Å². The lowest BCUT2D eigenvalue weighted by Crippen LogP contribution is -2.23. The maximum atomic E-state index is 11.5. The second-order valence-electron chi connectivity index (χ2n) is 3.78. The second-order valence-corrected chi connectivity index (χ2v) is 4.63. The first-order valence-electron chi connectivity index (χ1n) is 4.91. The molecule has 1 amide bonds. The highest BCUT2D eigenvalue weighted by molar-refractivity contribution is 6.35. The summed E-state index contributed by atoms with van der Waals surface area (Å²) in [5.74, 6) is 0.0389. The largest absolute Gasteiger partial charge is 0.277 e. The van der Waals surface area contributed by atoms with Gasteiger partial charge in [-0.3, -0.25) is 9.63 Å². The molecule has 0 aliphatic heterocycles. The van der Waals surface area contributed by atoms with E-state index < -0.39 is 0 Å². The van der Waals surface area contributed by atoms with E-state index in [1.165, 1.54) is 7.11 Å². The highest BCUT2D eigenvalue weighted by atomic mass is 35.5. The summed E-state index contributed by atoms with van der Waals surface area (Å²) in [5, 5.41) is 1.22. The molecule has 1 aliphatic rings. The number of hydrogen-bond acceptors (Lipinski definition) is 2. The Morgan fingerprint density at radius 3 is 2.88 bits per heavy atom. The van der Waals surface area contributed by atoms with Gasteiger partial charge in [-0.25, -0.2) is 5.48 Å². The third-order valence-electron chi connectivity index (χ3n) is 2.69. The Bertz CT molecular complexity index is 422. The van der Waals surface area contributed by atoms with Crippen molar-refractivity contribution in [1.82, 2.24) is 5.48 Å². The minimum Gasteiger partial charge on any atom is -0.277 e. The number of carbonyl (C=O) groups is 1. The van der Waals surface area contributed by atoms with Crippen molar-refractivity contribution in [1.29, 1.82) is 0 Å². The zero-order valence-corrected chi connectivity index (χ0v) is 10.2. The van der Waals surface area contributed by atoms with Gasteiger partial charge in [0.05, 0.1) is 7.11 Å². The van der Waals surface area contributed by atoms with Crippen LogP contribution in [0.15, 0.2) is 18.2 Å². The Balaban J connectivity index is 2.08. The molecule has 0 saturated heterocycles. The number of rotatable bonds is 3. The number of nitrogens with one attached hydrogen (secondary N) is 1. The summed E-state index contributed by atoms with van der Waals surface area (Å²) in [6.07, 6.45) is 0.802. The number of hydroxylamine groups is 1. The summed E-state index contributed by atoms with van der Waals surface area (Å²) in [5.41, 5.74) is 3.30. The molecule has 0 radical (unpaired) electrons. The van der Waals surface area contributed by atoms with Crippen LogP contribution in [-0.2, 0) is 9.63 Å². The molecule has 0 unspecified atom stereocenters. The molecule has 1 aromatic carbocycles. The van der Waals surface area contributed by atoms with Crippen LogP contribution >= 0.6 is 23.2 Å². The summed E-state index contributed by atoms with van der Waals surface area (Å²) in [6, 6.07) is 5.35. The van der Waals surface area contributed by atoms with Crippen molar-refractivity contribution in [2.75, 3.05) is 7.11 Å². The first-order chi connectivity index (χ1) is 7.63. The van der Waals surface area contributed by atoms with Crippen molar-refractivity contribution in [2.45, 2.75) is 12.3 Å². The van der Waals surface area contributed by atoms with Gasteiger partial charge < -0.3 is 0 Å². The van der Waals surface area contributed by atoms with Gasteiger partial charge in [-0.05, 0) is 30.0 Å². The monoisotopic (exact) mass is 259 g/mol. The molecule has 0 aromatic heterocycles. The van der Waals surface area contributed by atoms with Crippen molar-refractivity contribution >= 4 is 29.1 Å². The third-order valence-corrected chi connectivity index (χ3v) is 3.25. The maximum absolute atomic E-state index is 11.5. The van der Waals surface area contributed by atoms with Crippen LogP contribution in [0.3, 0.4) is 0 Å². The van der Waals surface area contributed by atoms with Crippen LogP contribution < -0.4 is 5.48 Å². The molecule has 1 saturated carbocycles. The number of benzene rings is 1. The van der Waals surface area contributed by atoms with Crippen molar-refractivity contribution in [3.63, 3.8) is 0 Å². The molecular formula is C11H11Cl2NO2. The van der Waals surface area contributed by atoms with E-state index in [9.17, 15) is 4.79 Å². The summed E-state index contributed by atoms with van der Waals surface area (Å²) in [4.78, 5) is 16.0. The maximum Gasteiger partial charge on any atom is 0.247 e. The Morgan fingerprint density at radius 2 is 2.25 bits per heavy atom. The van der Waals surface area contributed by atoms with Crippen LogP contribution in [0.2, 0.25) is 10.0 Å². The number of amides is 1. The number of halogens is 2. The summed E-state index contributed by atoms with van der Waals surface area (Å²) < 4.78 is 0. The van der Waals surface area contributed by atoms with Crippen molar-refractivity contribution in [3.8, 4) is 0 Å². The van der Waals surface area contributed by atoms with Crippen LogP contribution in [0, 0.1) is 5.92 Å². The van der Waals surface area contributed by atoms with Gasteiger partial charge in [0.15, 0.2) is 0 Å². The van der Waals surface area contributed by atoms with E-state index in [4.69, 9.17) is 23.2 Å². The molecule has 1 fully saturated rings. The van der Waals surface area contributed by atoms with E-state index in [1.54, 1.807) is 12.1 Å². The summed E-state index contributed by atoms with van der Waals surface area (Å²) in [6.45, 7) is 0. The fourth-order valence-corrected chi connectivity index (χ4v) is 2.36. The van der Waals surface area contributed by atoms with Gasteiger partial charge in [0.25, 0.3) is 0 Å². The molecule has 0 heterocycles. The third kappa shape index (κ3) is 2.32. The molecular weight excluding hydrogens is 249 g/mol. The highest BCUT2D eigenvalue weighted by Gasteiger charge is 2.44.